The molecule has 0 fully saturated rings. The number of hydrogen-bond acceptors (Lipinski definition) is 2. The minimum atomic E-state index is -0.243. The Labute approximate surface area is 213 Å². The molecule has 0 saturated carbocycles. The van der Waals surface area contributed by atoms with E-state index in [0.717, 1.165) is 12.8 Å². The van der Waals surface area contributed by atoms with Gasteiger partial charge in [0.2, 0.25) is 5.91 Å². The third-order valence-electron chi connectivity index (χ3n) is 5.65. The third kappa shape index (κ3) is 14.9. The van der Waals surface area contributed by atoms with Crippen molar-refractivity contribution in [3.63, 3.8) is 0 Å². The van der Waals surface area contributed by atoms with E-state index >= 15 is 0 Å². The smallest absolute Gasteiger partial charge is 0.247 e. The van der Waals surface area contributed by atoms with Crippen molar-refractivity contribution < 1.29 is 9.90 Å². The Bertz CT molecular complexity index is 932. The molecule has 0 radical (unpaired) electrons. The number of aliphatic hydroxyl groups is 1. The first kappa shape index (κ1) is 30.1. The molecule has 0 aliphatic carbocycles. The van der Waals surface area contributed by atoms with Gasteiger partial charge in [0.25, 0.3) is 0 Å². The molecule has 1 aromatic carbocycles. The van der Waals surface area contributed by atoms with Crippen LogP contribution in [-0.4, -0.2) is 23.7 Å². The second-order valence-electron chi connectivity index (χ2n) is 9.64. The maximum atomic E-state index is 11.9. The molecule has 0 heterocycles. The van der Waals surface area contributed by atoms with Crippen molar-refractivity contribution >= 4 is 5.91 Å². The molecule has 0 spiro atoms. The predicted octanol–water partition coefficient (Wildman–Crippen LogP) is 7.29. The van der Waals surface area contributed by atoms with E-state index in [9.17, 15) is 4.79 Å². The van der Waals surface area contributed by atoms with E-state index in [1.165, 1.54) is 23.1 Å². The highest BCUT2D eigenvalue weighted by Gasteiger charge is 2.06. The predicted molar refractivity (Wildman–Crippen MR) is 151 cm³/mol. The first-order chi connectivity index (χ1) is 16.7. The number of aliphatic hydroxyl groups excluding tert-OH is 1. The number of amides is 1. The molecule has 1 amide bonds. The number of allylic oxidation sites excluding steroid dienone is 11. The van der Waals surface area contributed by atoms with Gasteiger partial charge in [-0.05, 0) is 64.4 Å². The normalized spacial score (nSPS) is 16.3. The molecule has 2 N–H and O–H groups in total. The summed E-state index contributed by atoms with van der Waals surface area (Å²) < 4.78 is 0. The van der Waals surface area contributed by atoms with E-state index in [1.54, 1.807) is 19.9 Å². The number of benzene rings is 1. The molecule has 0 aliphatic rings. The zero-order valence-electron chi connectivity index (χ0n) is 22.5. The fourth-order valence-electron chi connectivity index (χ4n) is 3.81. The molecular weight excluding hydrogens is 430 g/mol. The molecule has 0 aromatic heterocycles. The zero-order valence-corrected chi connectivity index (χ0v) is 22.5. The van der Waals surface area contributed by atoms with Crippen LogP contribution in [0.15, 0.2) is 102 Å². The maximum Gasteiger partial charge on any atom is 0.247 e. The van der Waals surface area contributed by atoms with E-state index in [0.29, 0.717) is 17.4 Å². The molecule has 1 aromatic rings. The van der Waals surface area contributed by atoms with Crippen molar-refractivity contribution in [1.29, 1.82) is 0 Å². The summed E-state index contributed by atoms with van der Waals surface area (Å²) in [5.41, 5.74) is 4.73. The Balaban J connectivity index is 2.44. The van der Waals surface area contributed by atoms with Gasteiger partial charge in [-0.1, -0.05) is 110 Å². The maximum absolute atomic E-state index is 11.9. The van der Waals surface area contributed by atoms with Gasteiger partial charge in [0.15, 0.2) is 0 Å². The van der Waals surface area contributed by atoms with Gasteiger partial charge in [-0.15, -0.1) is 0 Å². The third-order valence-corrected chi connectivity index (χ3v) is 5.65. The summed E-state index contributed by atoms with van der Waals surface area (Å²) in [6.45, 7) is 12.4. The van der Waals surface area contributed by atoms with Crippen LogP contribution in [-0.2, 0) is 11.2 Å². The van der Waals surface area contributed by atoms with Gasteiger partial charge in [0.1, 0.15) is 0 Å². The van der Waals surface area contributed by atoms with Crippen LogP contribution in [0, 0.1) is 11.8 Å². The first-order valence-electron chi connectivity index (χ1n) is 12.7. The summed E-state index contributed by atoms with van der Waals surface area (Å²) in [5.74, 6) is 0.915. The van der Waals surface area contributed by atoms with E-state index in [4.69, 9.17) is 5.11 Å². The number of aryl methyl sites for hydroxylation is 1. The van der Waals surface area contributed by atoms with Crippen LogP contribution < -0.4 is 5.32 Å². The Morgan fingerprint density at radius 1 is 0.914 bits per heavy atom. The van der Waals surface area contributed by atoms with E-state index in [-0.39, 0.29) is 18.6 Å². The molecule has 3 atom stereocenters. The SMILES string of the molecule is CC(/C=C/C=C/C=C/C=C(\C)C(=O)N[C@H](C)CO)=C\[C@H](C)C/C(C)=C/[C@@H](C)CCc1ccccc1. The lowest BCUT2D eigenvalue weighted by Crippen LogP contribution is -2.35. The van der Waals surface area contributed by atoms with Gasteiger partial charge in [-0.3, -0.25) is 4.79 Å². The molecule has 35 heavy (non-hydrogen) atoms. The van der Waals surface area contributed by atoms with Crippen LogP contribution in [0.1, 0.15) is 59.9 Å². The second-order valence-corrected chi connectivity index (χ2v) is 9.64. The van der Waals surface area contributed by atoms with E-state index < -0.39 is 0 Å². The first-order valence-corrected chi connectivity index (χ1v) is 12.7. The highest BCUT2D eigenvalue weighted by Crippen LogP contribution is 2.19. The number of nitrogens with one attached hydrogen (secondary N) is 1. The molecule has 3 heteroatoms. The molecule has 0 aliphatic heterocycles. The van der Waals surface area contributed by atoms with Crippen LogP contribution in [0.25, 0.3) is 0 Å². The monoisotopic (exact) mass is 475 g/mol. The minimum absolute atomic E-state index is 0.0682. The lowest BCUT2D eigenvalue weighted by atomic mass is 9.94. The van der Waals surface area contributed by atoms with Gasteiger partial charge in [0.05, 0.1) is 6.61 Å². The standard InChI is InChI=1S/C32H45NO2/c1-25(15-11-8-7-9-12-16-29(5)32(35)33-30(6)24-34)21-27(3)23-28(4)22-26(2)19-20-31-17-13-10-14-18-31/h7-18,21-22,26-27,30,34H,19-20,23-24H2,1-6H3,(H,33,35)/b8-7+,12-9+,15-11+,25-21+,28-22+,29-16+/t26-,27-,30+/m0/s1. The molecule has 0 unspecified atom stereocenters. The Morgan fingerprint density at radius 2 is 1.57 bits per heavy atom. The van der Waals surface area contributed by atoms with Crippen molar-refractivity contribution in [2.45, 2.75) is 66.8 Å². The highest BCUT2D eigenvalue weighted by molar-refractivity contribution is 5.93. The number of hydrogen-bond donors (Lipinski definition) is 2. The number of carbonyl (C=O) groups is 1. The van der Waals surface area contributed by atoms with Crippen LogP contribution in [0.2, 0.25) is 0 Å². The quantitative estimate of drug-likeness (QED) is 0.169. The summed E-state index contributed by atoms with van der Waals surface area (Å²) >= 11 is 0. The van der Waals surface area contributed by atoms with Gasteiger partial charge in [-0.2, -0.15) is 0 Å². The Kier molecular flexibility index (Phi) is 15.1. The van der Waals surface area contributed by atoms with E-state index in [1.807, 2.05) is 30.4 Å². The lowest BCUT2D eigenvalue weighted by Gasteiger charge is -2.12. The molecular formula is C32H45NO2. The summed E-state index contributed by atoms with van der Waals surface area (Å²) in [4.78, 5) is 11.9. The number of carbonyl (C=O) groups excluding carboxylic acids is 1. The van der Waals surface area contributed by atoms with Gasteiger partial charge in [-0.25, -0.2) is 0 Å². The topological polar surface area (TPSA) is 49.3 Å². The molecule has 0 bridgehead atoms. The summed E-state index contributed by atoms with van der Waals surface area (Å²) in [7, 11) is 0. The average molecular weight is 476 g/mol. The average Bonchev–Trinajstić information content (AvgIpc) is 2.82. The Morgan fingerprint density at radius 3 is 2.26 bits per heavy atom. The van der Waals surface area contributed by atoms with Crippen molar-refractivity contribution in [3.05, 3.63) is 107 Å². The molecule has 0 saturated heterocycles. The fraction of sp³-hybridized carbons (Fsp3) is 0.406. The molecule has 1 rings (SSSR count). The van der Waals surface area contributed by atoms with Crippen molar-refractivity contribution in [2.24, 2.45) is 11.8 Å². The van der Waals surface area contributed by atoms with Crippen molar-refractivity contribution in [3.8, 4) is 0 Å². The zero-order chi connectivity index (χ0) is 26.1. The van der Waals surface area contributed by atoms with Crippen LogP contribution in [0.4, 0.5) is 0 Å². The van der Waals surface area contributed by atoms with E-state index in [2.05, 4.69) is 81.6 Å². The van der Waals surface area contributed by atoms with Crippen LogP contribution >= 0.6 is 0 Å². The highest BCUT2D eigenvalue weighted by atomic mass is 16.3. The Hall–Kier alpha value is -2.91. The number of rotatable bonds is 14. The van der Waals surface area contributed by atoms with Crippen LogP contribution in [0.3, 0.4) is 0 Å². The molecule has 3 nitrogen and oxygen atoms in total. The minimum Gasteiger partial charge on any atom is -0.394 e. The summed E-state index contributed by atoms with van der Waals surface area (Å²) in [6.07, 6.45) is 21.7. The lowest BCUT2D eigenvalue weighted by molar-refractivity contribution is -0.118. The largest absolute Gasteiger partial charge is 0.394 e. The fourth-order valence-corrected chi connectivity index (χ4v) is 3.81. The second kappa shape index (κ2) is 17.5. The molecule has 190 valence electrons. The summed E-state index contributed by atoms with van der Waals surface area (Å²) in [6, 6.07) is 10.5. The van der Waals surface area contributed by atoms with Gasteiger partial charge in [0, 0.05) is 11.6 Å². The summed E-state index contributed by atoms with van der Waals surface area (Å²) in [5, 5.41) is 11.7. The van der Waals surface area contributed by atoms with Gasteiger partial charge < -0.3 is 10.4 Å². The van der Waals surface area contributed by atoms with Crippen molar-refractivity contribution in [1.82, 2.24) is 5.32 Å². The van der Waals surface area contributed by atoms with Gasteiger partial charge >= 0.3 is 0 Å². The van der Waals surface area contributed by atoms with Crippen molar-refractivity contribution in [2.75, 3.05) is 6.61 Å². The van der Waals surface area contributed by atoms with Crippen LogP contribution in [0.5, 0.6) is 0 Å².